The fraction of sp³-hybridized carbons (Fsp3) is 0.875. The molecule has 1 amide bonds. The second kappa shape index (κ2) is 13.7. The normalized spacial score (nSPS) is 18.7. The molecule has 2 atom stereocenters. The Hall–Kier alpha value is -0.610. The van der Waals surface area contributed by atoms with Crippen LogP contribution in [0.3, 0.4) is 0 Å². The Bertz CT molecular complexity index is 374. The molecule has 1 saturated heterocycles. The predicted octanol–water partition coefficient (Wildman–Crippen LogP) is 1.22. The van der Waals surface area contributed by atoms with Crippen molar-refractivity contribution in [1.29, 1.82) is 0 Å². The molecule has 0 spiro atoms. The number of unbranched alkanes of at least 4 members (excludes halogenated alkanes) is 1. The third-order valence-corrected chi connectivity index (χ3v) is 3.55. The van der Waals surface area contributed by atoms with E-state index in [1.807, 2.05) is 6.92 Å². The molecule has 7 nitrogen and oxygen atoms in total. The molecule has 0 aromatic carbocycles. The van der Waals surface area contributed by atoms with E-state index in [-0.39, 0.29) is 48.6 Å². The van der Waals surface area contributed by atoms with Gasteiger partial charge >= 0.3 is 0 Å². The second-order valence-corrected chi connectivity index (χ2v) is 6.10. The smallest absolute Gasteiger partial charge is 0.243 e. The van der Waals surface area contributed by atoms with E-state index in [0.717, 1.165) is 32.4 Å². The van der Waals surface area contributed by atoms with Gasteiger partial charge in [0, 0.05) is 33.3 Å². The number of aliphatic imine (C=N–C) groups is 1. The zero-order valence-corrected chi connectivity index (χ0v) is 17.7. The zero-order valence-electron chi connectivity index (χ0n) is 15.3. The Morgan fingerprint density at radius 1 is 1.46 bits per heavy atom. The molecular weight excluding hydrogens is 423 g/mol. The Labute approximate surface area is 162 Å². The lowest BCUT2D eigenvalue weighted by Crippen LogP contribution is -2.45. The van der Waals surface area contributed by atoms with Gasteiger partial charge in [0.1, 0.15) is 6.54 Å². The number of nitrogens with zero attached hydrogens (tertiary/aromatic N) is 2. The summed E-state index contributed by atoms with van der Waals surface area (Å²) >= 11 is 0. The van der Waals surface area contributed by atoms with E-state index in [0.29, 0.717) is 19.2 Å². The van der Waals surface area contributed by atoms with Crippen molar-refractivity contribution in [1.82, 2.24) is 15.5 Å². The van der Waals surface area contributed by atoms with Gasteiger partial charge in [-0.05, 0) is 19.8 Å². The first kappa shape index (κ1) is 23.4. The Kier molecular flexibility index (Phi) is 13.3. The number of hydrogen-bond donors (Lipinski definition) is 2. The van der Waals surface area contributed by atoms with Gasteiger partial charge in [-0.25, -0.2) is 4.99 Å². The van der Waals surface area contributed by atoms with Gasteiger partial charge in [-0.1, -0.05) is 13.3 Å². The zero-order chi connectivity index (χ0) is 17.1. The first-order valence-electron chi connectivity index (χ1n) is 8.47. The second-order valence-electron chi connectivity index (χ2n) is 6.10. The van der Waals surface area contributed by atoms with Gasteiger partial charge < -0.3 is 25.0 Å². The van der Waals surface area contributed by atoms with Crippen LogP contribution in [-0.2, 0) is 14.3 Å². The van der Waals surface area contributed by atoms with Crippen LogP contribution in [0, 0.1) is 0 Å². The highest BCUT2D eigenvalue weighted by Crippen LogP contribution is 2.08. The maximum absolute atomic E-state index is 11.7. The number of halogens is 1. The molecule has 142 valence electrons. The summed E-state index contributed by atoms with van der Waals surface area (Å²) in [7, 11) is 3.46. The minimum absolute atomic E-state index is 0. The van der Waals surface area contributed by atoms with Crippen LogP contribution in [0.4, 0.5) is 0 Å². The highest BCUT2D eigenvalue weighted by Gasteiger charge is 2.17. The largest absolute Gasteiger partial charge is 0.379 e. The van der Waals surface area contributed by atoms with Crippen LogP contribution in [0.1, 0.15) is 33.1 Å². The third-order valence-electron chi connectivity index (χ3n) is 3.55. The number of likely N-dealkylation sites (N-methyl/N-ethyl adjacent to an activating group) is 1. The minimum atomic E-state index is -0.0198. The number of rotatable bonds is 9. The van der Waals surface area contributed by atoms with Gasteiger partial charge in [0.2, 0.25) is 5.91 Å². The Balaban J connectivity index is 0.00000529. The predicted molar refractivity (Wildman–Crippen MR) is 107 cm³/mol. The standard InChI is InChI=1S/C16H32N4O3.HI/c1-5-6-8-17-16(18-10-15(21)20(3)4)19-13(2)11-23-14-7-9-22-12-14;/h13-14H,5-12H2,1-4H3,(H2,17,18,19);1H. The van der Waals surface area contributed by atoms with Gasteiger partial charge in [-0.2, -0.15) is 0 Å². The Morgan fingerprint density at radius 2 is 2.21 bits per heavy atom. The summed E-state index contributed by atoms with van der Waals surface area (Å²) in [5.41, 5.74) is 0. The van der Waals surface area contributed by atoms with Crippen LogP contribution < -0.4 is 10.6 Å². The molecule has 2 N–H and O–H groups in total. The quantitative estimate of drug-likeness (QED) is 0.236. The molecule has 1 fully saturated rings. The fourth-order valence-corrected chi connectivity index (χ4v) is 2.02. The van der Waals surface area contributed by atoms with E-state index in [1.54, 1.807) is 19.0 Å². The molecule has 0 aliphatic carbocycles. The number of carbonyl (C=O) groups excluding carboxylic acids is 1. The molecular formula is C16H33IN4O3. The summed E-state index contributed by atoms with van der Waals surface area (Å²) in [4.78, 5) is 17.6. The van der Waals surface area contributed by atoms with E-state index >= 15 is 0 Å². The lowest BCUT2D eigenvalue weighted by Gasteiger charge is -2.20. The third kappa shape index (κ3) is 10.3. The van der Waals surface area contributed by atoms with Crippen LogP contribution in [0.25, 0.3) is 0 Å². The average molecular weight is 456 g/mol. The van der Waals surface area contributed by atoms with E-state index in [1.165, 1.54) is 0 Å². The molecule has 1 aliphatic rings. The van der Waals surface area contributed by atoms with Crippen molar-refractivity contribution in [2.75, 3.05) is 47.0 Å². The lowest BCUT2D eigenvalue weighted by molar-refractivity contribution is -0.127. The molecule has 2 unspecified atom stereocenters. The number of carbonyl (C=O) groups is 1. The molecule has 0 aromatic rings. The Morgan fingerprint density at radius 3 is 2.79 bits per heavy atom. The fourth-order valence-electron chi connectivity index (χ4n) is 2.02. The van der Waals surface area contributed by atoms with Crippen molar-refractivity contribution in [3.63, 3.8) is 0 Å². The number of hydrogen-bond acceptors (Lipinski definition) is 4. The van der Waals surface area contributed by atoms with Crippen molar-refractivity contribution in [2.24, 2.45) is 4.99 Å². The van der Waals surface area contributed by atoms with Crippen molar-refractivity contribution in [2.45, 2.75) is 45.3 Å². The van der Waals surface area contributed by atoms with E-state index in [9.17, 15) is 4.79 Å². The van der Waals surface area contributed by atoms with Gasteiger partial charge in [-0.3, -0.25) is 4.79 Å². The summed E-state index contributed by atoms with van der Waals surface area (Å²) in [6.45, 7) is 7.21. The molecule has 1 rings (SSSR count). The summed E-state index contributed by atoms with van der Waals surface area (Å²) in [5.74, 6) is 0.640. The van der Waals surface area contributed by atoms with E-state index < -0.39 is 0 Å². The summed E-state index contributed by atoms with van der Waals surface area (Å²) < 4.78 is 11.1. The van der Waals surface area contributed by atoms with Crippen LogP contribution in [0.2, 0.25) is 0 Å². The molecule has 1 aliphatic heterocycles. The first-order chi connectivity index (χ1) is 11.0. The summed E-state index contributed by atoms with van der Waals surface area (Å²) in [6, 6.07) is 0.109. The molecule has 0 radical (unpaired) electrons. The maximum Gasteiger partial charge on any atom is 0.243 e. The highest BCUT2D eigenvalue weighted by molar-refractivity contribution is 14.0. The average Bonchev–Trinajstić information content (AvgIpc) is 3.03. The lowest BCUT2D eigenvalue weighted by atomic mass is 10.3. The molecule has 8 heteroatoms. The van der Waals surface area contributed by atoms with Crippen LogP contribution in [0.15, 0.2) is 4.99 Å². The minimum Gasteiger partial charge on any atom is -0.379 e. The van der Waals surface area contributed by atoms with Gasteiger partial charge in [0.15, 0.2) is 5.96 Å². The first-order valence-corrected chi connectivity index (χ1v) is 8.47. The number of guanidine groups is 1. The molecule has 1 heterocycles. The van der Waals surface area contributed by atoms with Gasteiger partial charge in [-0.15, -0.1) is 24.0 Å². The van der Waals surface area contributed by atoms with E-state index in [4.69, 9.17) is 9.47 Å². The van der Waals surface area contributed by atoms with Gasteiger partial charge in [0.25, 0.3) is 0 Å². The van der Waals surface area contributed by atoms with Gasteiger partial charge in [0.05, 0.1) is 19.3 Å². The number of ether oxygens (including phenoxy) is 2. The van der Waals surface area contributed by atoms with E-state index in [2.05, 4.69) is 22.5 Å². The molecule has 0 bridgehead atoms. The molecule has 24 heavy (non-hydrogen) atoms. The van der Waals surface area contributed by atoms with Crippen LogP contribution >= 0.6 is 24.0 Å². The van der Waals surface area contributed by atoms with Crippen molar-refractivity contribution in [3.05, 3.63) is 0 Å². The monoisotopic (exact) mass is 456 g/mol. The van der Waals surface area contributed by atoms with Crippen LogP contribution in [0.5, 0.6) is 0 Å². The van der Waals surface area contributed by atoms with Crippen molar-refractivity contribution >= 4 is 35.8 Å². The highest BCUT2D eigenvalue weighted by atomic mass is 127. The topological polar surface area (TPSA) is 75.2 Å². The summed E-state index contributed by atoms with van der Waals surface area (Å²) in [5, 5.41) is 6.56. The summed E-state index contributed by atoms with van der Waals surface area (Å²) in [6.07, 6.45) is 3.33. The maximum atomic E-state index is 11.7. The van der Waals surface area contributed by atoms with Crippen molar-refractivity contribution in [3.8, 4) is 0 Å². The molecule has 0 saturated carbocycles. The van der Waals surface area contributed by atoms with Crippen molar-refractivity contribution < 1.29 is 14.3 Å². The SMILES string of the molecule is CCCCNC(=NCC(=O)N(C)C)NC(C)COC1CCOC1.I. The molecule has 0 aromatic heterocycles. The number of amides is 1. The van der Waals surface area contributed by atoms with Crippen LogP contribution in [-0.4, -0.2) is 75.9 Å². The number of nitrogens with one attached hydrogen (secondary N) is 2.